The molecule has 1 aliphatic heterocycles. The second-order valence-corrected chi connectivity index (χ2v) is 7.10. The van der Waals surface area contributed by atoms with E-state index in [1.54, 1.807) is 6.20 Å². The number of nitrogens with zero attached hydrogens (tertiary/aromatic N) is 2. The normalized spacial score (nSPS) is 19.8. The molecule has 1 aromatic heterocycles. The van der Waals surface area contributed by atoms with Crippen molar-refractivity contribution in [2.75, 3.05) is 20.8 Å². The summed E-state index contributed by atoms with van der Waals surface area (Å²) in [6.45, 7) is 2.03. The third-order valence-corrected chi connectivity index (χ3v) is 5.08. The van der Waals surface area contributed by atoms with Crippen molar-refractivity contribution in [3.05, 3.63) is 35.7 Å². The average molecular weight is 372 g/mol. The molecule has 3 rings (SSSR count). The molecule has 0 spiro atoms. The SMILES string of the molecule is COc1ncc([C@]2(C)COc3cc(C(F)(F)F)ccc3S2)nc1OC. The van der Waals surface area contributed by atoms with Gasteiger partial charge in [0.25, 0.3) is 11.8 Å². The molecule has 2 aromatic rings. The van der Waals surface area contributed by atoms with E-state index in [9.17, 15) is 13.2 Å². The summed E-state index contributed by atoms with van der Waals surface area (Å²) in [4.78, 5) is 9.17. The molecule has 0 N–H and O–H groups in total. The fourth-order valence-electron chi connectivity index (χ4n) is 2.38. The maximum Gasteiger partial charge on any atom is 0.416 e. The highest BCUT2D eigenvalue weighted by atomic mass is 32.2. The second kappa shape index (κ2) is 6.29. The smallest absolute Gasteiger partial charge is 0.416 e. The van der Waals surface area contributed by atoms with Crippen LogP contribution in [0, 0.1) is 0 Å². The number of alkyl halides is 3. The Hall–Kier alpha value is -2.16. The Kier molecular flexibility index (Phi) is 4.44. The zero-order chi connectivity index (χ0) is 18.2. The van der Waals surface area contributed by atoms with Gasteiger partial charge in [-0.1, -0.05) is 0 Å². The molecule has 25 heavy (non-hydrogen) atoms. The van der Waals surface area contributed by atoms with Gasteiger partial charge >= 0.3 is 6.18 Å². The van der Waals surface area contributed by atoms with Crippen LogP contribution in [-0.4, -0.2) is 30.8 Å². The van der Waals surface area contributed by atoms with Gasteiger partial charge in [0.1, 0.15) is 12.4 Å². The van der Waals surface area contributed by atoms with Gasteiger partial charge in [-0.15, -0.1) is 11.8 Å². The summed E-state index contributed by atoms with van der Waals surface area (Å²) in [6.07, 6.45) is -2.86. The molecule has 5 nitrogen and oxygen atoms in total. The van der Waals surface area contributed by atoms with E-state index in [1.807, 2.05) is 6.92 Å². The molecular weight excluding hydrogens is 357 g/mol. The standard InChI is InChI=1S/C16H15F3N2O3S/c1-15(12-7-20-13(22-2)14(21-12)23-3)8-24-10-6-9(16(17,18)19)4-5-11(10)25-15/h4-7H,8H2,1-3H3/t15-/m0/s1. The van der Waals surface area contributed by atoms with Gasteiger partial charge in [-0.3, -0.25) is 0 Å². The van der Waals surface area contributed by atoms with Gasteiger partial charge in [-0.25, -0.2) is 9.97 Å². The van der Waals surface area contributed by atoms with Crippen molar-refractivity contribution in [2.45, 2.75) is 22.7 Å². The molecule has 1 aromatic carbocycles. The van der Waals surface area contributed by atoms with Crippen LogP contribution >= 0.6 is 11.8 Å². The lowest BCUT2D eigenvalue weighted by atomic mass is 10.1. The molecule has 134 valence electrons. The Labute approximate surface area is 146 Å². The zero-order valence-electron chi connectivity index (χ0n) is 13.7. The highest BCUT2D eigenvalue weighted by Crippen LogP contribution is 2.49. The molecule has 1 aliphatic rings. The molecular formula is C16H15F3N2O3S. The third kappa shape index (κ3) is 3.33. The second-order valence-electron chi connectivity index (χ2n) is 5.55. The van der Waals surface area contributed by atoms with E-state index in [0.717, 1.165) is 12.1 Å². The van der Waals surface area contributed by atoms with Crippen LogP contribution in [0.3, 0.4) is 0 Å². The average Bonchev–Trinajstić information content (AvgIpc) is 2.59. The molecule has 0 fully saturated rings. The quantitative estimate of drug-likeness (QED) is 0.814. The van der Waals surface area contributed by atoms with Crippen molar-refractivity contribution in [1.82, 2.24) is 9.97 Å². The molecule has 0 saturated heterocycles. The predicted octanol–water partition coefficient (Wildman–Crippen LogP) is 3.91. The van der Waals surface area contributed by atoms with Gasteiger partial charge in [0.05, 0.1) is 41.3 Å². The highest BCUT2D eigenvalue weighted by Gasteiger charge is 2.38. The van der Waals surface area contributed by atoms with Crippen LogP contribution in [0.25, 0.3) is 0 Å². The molecule has 0 radical (unpaired) electrons. The van der Waals surface area contributed by atoms with E-state index in [4.69, 9.17) is 14.2 Å². The minimum Gasteiger partial charge on any atom is -0.491 e. The first-order valence-electron chi connectivity index (χ1n) is 7.25. The van der Waals surface area contributed by atoms with Crippen LogP contribution in [-0.2, 0) is 10.9 Å². The van der Waals surface area contributed by atoms with E-state index in [-0.39, 0.29) is 24.1 Å². The predicted molar refractivity (Wildman–Crippen MR) is 85.3 cm³/mol. The first-order chi connectivity index (χ1) is 11.8. The van der Waals surface area contributed by atoms with Crippen molar-refractivity contribution in [3.8, 4) is 17.5 Å². The fourth-order valence-corrected chi connectivity index (χ4v) is 3.54. The number of hydrogen-bond acceptors (Lipinski definition) is 6. The largest absolute Gasteiger partial charge is 0.491 e. The van der Waals surface area contributed by atoms with Crippen molar-refractivity contribution in [1.29, 1.82) is 0 Å². The lowest BCUT2D eigenvalue weighted by Crippen LogP contribution is -2.31. The number of hydrogen-bond donors (Lipinski definition) is 0. The van der Waals surface area contributed by atoms with Crippen molar-refractivity contribution < 1.29 is 27.4 Å². The van der Waals surface area contributed by atoms with Crippen LogP contribution in [0.15, 0.2) is 29.3 Å². The number of fused-ring (bicyclic) bond motifs is 1. The van der Waals surface area contributed by atoms with Gasteiger partial charge in [0.15, 0.2) is 0 Å². The van der Waals surface area contributed by atoms with Crippen molar-refractivity contribution in [3.63, 3.8) is 0 Å². The summed E-state index contributed by atoms with van der Waals surface area (Å²) in [5.41, 5.74) is -0.151. The number of ether oxygens (including phenoxy) is 3. The van der Waals surface area contributed by atoms with E-state index < -0.39 is 16.5 Å². The molecule has 0 bridgehead atoms. The Morgan fingerprint density at radius 1 is 1.20 bits per heavy atom. The van der Waals surface area contributed by atoms with Crippen molar-refractivity contribution in [2.24, 2.45) is 0 Å². The molecule has 0 amide bonds. The maximum atomic E-state index is 12.8. The lowest BCUT2D eigenvalue weighted by Gasteiger charge is -2.33. The van der Waals surface area contributed by atoms with Crippen LogP contribution in [0.2, 0.25) is 0 Å². The summed E-state index contributed by atoms with van der Waals surface area (Å²) < 4.78 is 53.7. The first-order valence-corrected chi connectivity index (χ1v) is 8.07. The van der Waals surface area contributed by atoms with Crippen LogP contribution in [0.4, 0.5) is 13.2 Å². The fraction of sp³-hybridized carbons (Fsp3) is 0.375. The minimum absolute atomic E-state index is 0.149. The first kappa shape index (κ1) is 17.7. The molecule has 1 atom stereocenters. The maximum absolute atomic E-state index is 12.8. The molecule has 0 saturated carbocycles. The number of benzene rings is 1. The number of aromatic nitrogens is 2. The molecule has 9 heteroatoms. The van der Waals surface area contributed by atoms with E-state index in [0.29, 0.717) is 10.6 Å². The topological polar surface area (TPSA) is 53.5 Å². The molecule has 0 aliphatic carbocycles. The minimum atomic E-state index is -4.40. The van der Waals surface area contributed by atoms with Crippen LogP contribution in [0.5, 0.6) is 17.5 Å². The lowest BCUT2D eigenvalue weighted by molar-refractivity contribution is -0.137. The third-order valence-electron chi connectivity index (χ3n) is 3.75. The Balaban J connectivity index is 1.93. The highest BCUT2D eigenvalue weighted by molar-refractivity contribution is 8.00. The Bertz CT molecular complexity index is 801. The number of rotatable bonds is 3. The van der Waals surface area contributed by atoms with Gasteiger partial charge < -0.3 is 14.2 Å². The molecule has 0 unspecified atom stereocenters. The zero-order valence-corrected chi connectivity index (χ0v) is 14.5. The monoisotopic (exact) mass is 372 g/mol. The molecule has 2 heterocycles. The van der Waals surface area contributed by atoms with E-state index in [1.165, 1.54) is 32.0 Å². The van der Waals surface area contributed by atoms with E-state index in [2.05, 4.69) is 9.97 Å². The van der Waals surface area contributed by atoms with Gasteiger partial charge in [0.2, 0.25) is 0 Å². The van der Waals surface area contributed by atoms with E-state index >= 15 is 0 Å². The van der Waals surface area contributed by atoms with Crippen molar-refractivity contribution >= 4 is 11.8 Å². The summed E-state index contributed by atoms with van der Waals surface area (Å²) in [6, 6.07) is 3.47. The number of methoxy groups -OCH3 is 2. The Morgan fingerprint density at radius 3 is 2.56 bits per heavy atom. The summed E-state index contributed by atoms with van der Waals surface area (Å²) in [5.74, 6) is 0.706. The van der Waals surface area contributed by atoms with Crippen LogP contribution in [0.1, 0.15) is 18.2 Å². The van der Waals surface area contributed by atoms with Gasteiger partial charge in [-0.2, -0.15) is 13.2 Å². The van der Waals surface area contributed by atoms with Crippen LogP contribution < -0.4 is 14.2 Å². The Morgan fingerprint density at radius 2 is 1.92 bits per heavy atom. The number of halogens is 3. The van der Waals surface area contributed by atoms with Gasteiger partial charge in [-0.05, 0) is 25.1 Å². The van der Waals surface area contributed by atoms with Gasteiger partial charge in [0, 0.05) is 0 Å². The summed E-state index contributed by atoms with van der Waals surface area (Å²) in [7, 11) is 2.91. The number of thioether (sulfide) groups is 1. The summed E-state index contributed by atoms with van der Waals surface area (Å²) in [5, 5.41) is 0. The summed E-state index contributed by atoms with van der Waals surface area (Å²) >= 11 is 1.37.